The molecule has 1 saturated heterocycles. The van der Waals surface area contributed by atoms with Crippen LogP contribution in [-0.2, 0) is 19.1 Å². The monoisotopic (exact) mass is 198 g/mol. The van der Waals surface area contributed by atoms with Crippen molar-refractivity contribution in [3.63, 3.8) is 0 Å². The molecule has 0 amide bonds. The topological polar surface area (TPSA) is 52.6 Å². The molecule has 0 N–H and O–H groups in total. The molecule has 0 saturated carbocycles. The van der Waals surface area contributed by atoms with Gasteiger partial charge in [-0.2, -0.15) is 0 Å². The first-order valence-electron chi connectivity index (χ1n) is 4.10. The average molecular weight is 198 g/mol. The lowest BCUT2D eigenvalue weighted by Crippen LogP contribution is -1.99. The van der Waals surface area contributed by atoms with Crippen LogP contribution in [0.4, 0.5) is 0 Å². The zero-order chi connectivity index (χ0) is 11.1. The lowest BCUT2D eigenvalue weighted by atomic mass is 10.2. The lowest BCUT2D eigenvalue weighted by Gasteiger charge is -1.94. The fourth-order valence-corrected chi connectivity index (χ4v) is 0.821. The molecule has 0 aromatic heterocycles. The standard InChI is InChI=1S/C6H8O2.C4H6O2/c1-4-3-5(2)8-6(4)7;1-3-4(5)6-2/h5H,1,3H2,2H3;3H,1H2,2H3. The fraction of sp³-hybridized carbons (Fsp3) is 0.400. The van der Waals surface area contributed by atoms with E-state index in [9.17, 15) is 9.59 Å². The van der Waals surface area contributed by atoms with E-state index in [4.69, 9.17) is 4.74 Å². The number of rotatable bonds is 1. The van der Waals surface area contributed by atoms with Crippen LogP contribution in [0.15, 0.2) is 24.8 Å². The zero-order valence-corrected chi connectivity index (χ0v) is 8.41. The molecule has 0 spiro atoms. The molecule has 1 atom stereocenters. The van der Waals surface area contributed by atoms with E-state index < -0.39 is 5.97 Å². The molecule has 1 fully saturated rings. The Labute approximate surface area is 83.2 Å². The number of carbonyl (C=O) groups is 2. The first kappa shape index (κ1) is 12.4. The van der Waals surface area contributed by atoms with Gasteiger partial charge < -0.3 is 9.47 Å². The number of carbonyl (C=O) groups excluding carboxylic acids is 2. The Morgan fingerprint density at radius 3 is 2.36 bits per heavy atom. The minimum absolute atomic E-state index is 0.0509. The summed E-state index contributed by atoms with van der Waals surface area (Å²) in [6.07, 6.45) is 1.86. The fourth-order valence-electron chi connectivity index (χ4n) is 0.821. The van der Waals surface area contributed by atoms with Crippen molar-refractivity contribution in [2.45, 2.75) is 19.4 Å². The first-order chi connectivity index (χ1) is 6.51. The predicted octanol–water partition coefficient (Wildman–Crippen LogP) is 1.22. The third-order valence-electron chi connectivity index (χ3n) is 1.50. The number of hydrogen-bond acceptors (Lipinski definition) is 4. The van der Waals surface area contributed by atoms with Gasteiger partial charge in [-0.25, -0.2) is 9.59 Å². The van der Waals surface area contributed by atoms with Gasteiger partial charge in [-0.3, -0.25) is 0 Å². The summed E-state index contributed by atoms with van der Waals surface area (Å²) in [7, 11) is 1.31. The highest BCUT2D eigenvalue weighted by Gasteiger charge is 2.22. The summed E-state index contributed by atoms with van der Waals surface area (Å²) >= 11 is 0. The van der Waals surface area contributed by atoms with Gasteiger partial charge in [-0.05, 0) is 6.92 Å². The van der Waals surface area contributed by atoms with Gasteiger partial charge in [0.05, 0.1) is 7.11 Å². The van der Waals surface area contributed by atoms with E-state index in [0.29, 0.717) is 12.0 Å². The first-order valence-corrected chi connectivity index (χ1v) is 4.10. The van der Waals surface area contributed by atoms with Crippen molar-refractivity contribution >= 4 is 11.9 Å². The molecular weight excluding hydrogens is 184 g/mol. The molecule has 0 aromatic rings. The maximum absolute atomic E-state index is 10.5. The van der Waals surface area contributed by atoms with Crippen molar-refractivity contribution in [1.82, 2.24) is 0 Å². The molecule has 4 nitrogen and oxygen atoms in total. The summed E-state index contributed by atoms with van der Waals surface area (Å²) in [5, 5.41) is 0. The average Bonchev–Trinajstić information content (AvgIpc) is 2.44. The van der Waals surface area contributed by atoms with E-state index in [1.807, 2.05) is 6.92 Å². The molecule has 1 aliphatic heterocycles. The van der Waals surface area contributed by atoms with Crippen LogP contribution in [-0.4, -0.2) is 25.2 Å². The molecule has 1 unspecified atom stereocenters. The molecular formula is C10H14O4. The van der Waals surface area contributed by atoms with Crippen LogP contribution in [0.5, 0.6) is 0 Å². The highest BCUT2D eigenvalue weighted by Crippen LogP contribution is 2.16. The lowest BCUT2D eigenvalue weighted by molar-refractivity contribution is -0.138. The maximum atomic E-state index is 10.5. The zero-order valence-electron chi connectivity index (χ0n) is 8.41. The minimum Gasteiger partial charge on any atom is -0.466 e. The predicted molar refractivity (Wildman–Crippen MR) is 51.5 cm³/mol. The molecule has 1 heterocycles. The number of hydrogen-bond donors (Lipinski definition) is 0. The third kappa shape index (κ3) is 4.45. The summed E-state index contributed by atoms with van der Waals surface area (Å²) < 4.78 is 8.88. The second-order valence-electron chi connectivity index (χ2n) is 2.75. The smallest absolute Gasteiger partial charge is 0.333 e. The second-order valence-corrected chi connectivity index (χ2v) is 2.75. The molecule has 14 heavy (non-hydrogen) atoms. The van der Waals surface area contributed by atoms with Gasteiger partial charge in [0.25, 0.3) is 0 Å². The van der Waals surface area contributed by atoms with Gasteiger partial charge in [0.1, 0.15) is 6.10 Å². The van der Waals surface area contributed by atoms with Crippen LogP contribution in [0.1, 0.15) is 13.3 Å². The van der Waals surface area contributed by atoms with Crippen LogP contribution in [0.2, 0.25) is 0 Å². The Morgan fingerprint density at radius 2 is 2.29 bits per heavy atom. The van der Waals surface area contributed by atoms with E-state index in [0.717, 1.165) is 6.08 Å². The Balaban J connectivity index is 0.000000255. The van der Waals surface area contributed by atoms with Crippen molar-refractivity contribution in [3.05, 3.63) is 24.8 Å². The molecule has 0 radical (unpaired) electrons. The van der Waals surface area contributed by atoms with E-state index in [1.54, 1.807) is 0 Å². The molecule has 78 valence electrons. The van der Waals surface area contributed by atoms with E-state index >= 15 is 0 Å². The quantitative estimate of drug-likeness (QED) is 0.469. The van der Waals surface area contributed by atoms with Gasteiger partial charge in [-0.1, -0.05) is 13.2 Å². The summed E-state index contributed by atoms with van der Waals surface area (Å²) in [5.74, 6) is -0.632. The van der Waals surface area contributed by atoms with Crippen molar-refractivity contribution in [3.8, 4) is 0 Å². The largest absolute Gasteiger partial charge is 0.466 e. The van der Waals surface area contributed by atoms with Crippen LogP contribution >= 0.6 is 0 Å². The number of methoxy groups -OCH3 is 1. The van der Waals surface area contributed by atoms with Gasteiger partial charge >= 0.3 is 11.9 Å². The number of esters is 2. The SMILES string of the molecule is C=C1CC(C)OC1=O.C=CC(=O)OC. The maximum Gasteiger partial charge on any atom is 0.333 e. The minimum atomic E-state index is -0.394. The summed E-state index contributed by atoms with van der Waals surface area (Å²) in [6.45, 7) is 8.53. The Morgan fingerprint density at radius 1 is 1.71 bits per heavy atom. The highest BCUT2D eigenvalue weighted by molar-refractivity contribution is 5.89. The molecule has 4 heteroatoms. The van der Waals surface area contributed by atoms with Crippen molar-refractivity contribution in [2.24, 2.45) is 0 Å². The summed E-state index contributed by atoms with van der Waals surface area (Å²) in [6, 6.07) is 0. The summed E-state index contributed by atoms with van der Waals surface area (Å²) in [4.78, 5) is 20.3. The van der Waals surface area contributed by atoms with Gasteiger partial charge in [0.15, 0.2) is 0 Å². The molecule has 0 aromatic carbocycles. The molecule has 1 aliphatic rings. The van der Waals surface area contributed by atoms with Crippen LogP contribution in [0.3, 0.4) is 0 Å². The highest BCUT2D eigenvalue weighted by atomic mass is 16.5. The van der Waals surface area contributed by atoms with E-state index in [-0.39, 0.29) is 12.1 Å². The van der Waals surface area contributed by atoms with Crippen LogP contribution in [0, 0.1) is 0 Å². The van der Waals surface area contributed by atoms with E-state index in [1.165, 1.54) is 7.11 Å². The Hall–Kier alpha value is -1.58. The number of cyclic esters (lactones) is 1. The Kier molecular flexibility index (Phi) is 5.29. The summed E-state index contributed by atoms with van der Waals surface area (Å²) in [5.41, 5.74) is 0.595. The van der Waals surface area contributed by atoms with E-state index in [2.05, 4.69) is 17.9 Å². The van der Waals surface area contributed by atoms with Crippen LogP contribution in [0.25, 0.3) is 0 Å². The van der Waals surface area contributed by atoms with Crippen molar-refractivity contribution in [1.29, 1.82) is 0 Å². The van der Waals surface area contributed by atoms with Crippen LogP contribution < -0.4 is 0 Å². The van der Waals surface area contributed by atoms with Crippen molar-refractivity contribution < 1.29 is 19.1 Å². The molecule has 0 aliphatic carbocycles. The van der Waals surface area contributed by atoms with Gasteiger partial charge in [0, 0.05) is 18.1 Å². The second kappa shape index (κ2) is 5.96. The van der Waals surface area contributed by atoms with Crippen molar-refractivity contribution in [2.75, 3.05) is 7.11 Å². The Bertz CT molecular complexity index is 239. The normalized spacial score (nSPS) is 19.1. The van der Waals surface area contributed by atoms with Gasteiger partial charge in [-0.15, -0.1) is 0 Å². The molecule has 0 bridgehead atoms. The number of ether oxygens (including phenoxy) is 2. The van der Waals surface area contributed by atoms with Gasteiger partial charge in [0.2, 0.25) is 0 Å². The molecule has 1 rings (SSSR count). The third-order valence-corrected chi connectivity index (χ3v) is 1.50.